The van der Waals surface area contributed by atoms with Gasteiger partial charge in [0, 0.05) is 42.3 Å². The number of nitrogens with two attached hydrogens (primary N) is 1. The summed E-state index contributed by atoms with van der Waals surface area (Å²) in [5.41, 5.74) is 7.35. The Morgan fingerprint density at radius 2 is 1.89 bits per heavy atom. The van der Waals surface area contributed by atoms with E-state index in [9.17, 15) is 14.4 Å². The Kier molecular flexibility index (Phi) is 7.94. The summed E-state index contributed by atoms with van der Waals surface area (Å²) in [4.78, 5) is 46.2. The number of carbonyl (C=O) groups is 2. The molecule has 0 saturated carbocycles. The number of rotatable bonds is 7. The Bertz CT molecular complexity index is 1630. The Morgan fingerprint density at radius 1 is 1.13 bits per heavy atom. The average Bonchev–Trinajstić information content (AvgIpc) is 2.93. The Labute approximate surface area is 219 Å². The minimum Gasteiger partial charge on any atom is -0.382 e. The van der Waals surface area contributed by atoms with Crippen molar-refractivity contribution in [3.63, 3.8) is 0 Å². The van der Waals surface area contributed by atoms with Crippen LogP contribution in [0.25, 0.3) is 16.5 Å². The van der Waals surface area contributed by atoms with Gasteiger partial charge in [-0.1, -0.05) is 48.8 Å². The van der Waals surface area contributed by atoms with Crippen molar-refractivity contribution < 1.29 is 9.59 Å². The zero-order chi connectivity index (χ0) is 27.1. The first-order valence-corrected chi connectivity index (χ1v) is 11.9. The van der Waals surface area contributed by atoms with Gasteiger partial charge in [-0.3, -0.25) is 19.0 Å². The fourth-order valence-electron chi connectivity index (χ4n) is 3.99. The van der Waals surface area contributed by atoms with E-state index >= 15 is 0 Å². The van der Waals surface area contributed by atoms with Crippen LogP contribution in [0.15, 0.2) is 84.4 Å². The van der Waals surface area contributed by atoms with Crippen molar-refractivity contribution in [1.82, 2.24) is 25.2 Å². The van der Waals surface area contributed by atoms with Gasteiger partial charge in [-0.25, -0.2) is 9.97 Å². The third-order valence-corrected chi connectivity index (χ3v) is 5.78. The van der Waals surface area contributed by atoms with Crippen LogP contribution in [0.2, 0.25) is 0 Å². The highest BCUT2D eigenvalue weighted by molar-refractivity contribution is 5.96. The molecule has 0 unspecified atom stereocenters. The highest BCUT2D eigenvalue weighted by atomic mass is 16.2. The number of carbonyl (C=O) groups excluding carboxylic acids is 2. The zero-order valence-corrected chi connectivity index (χ0v) is 20.8. The Morgan fingerprint density at radius 3 is 2.63 bits per heavy atom. The highest BCUT2D eigenvalue weighted by Crippen LogP contribution is 2.23. The van der Waals surface area contributed by atoms with Crippen LogP contribution in [0.3, 0.4) is 0 Å². The van der Waals surface area contributed by atoms with Gasteiger partial charge in [0.2, 0.25) is 5.91 Å². The van der Waals surface area contributed by atoms with Gasteiger partial charge >= 0.3 is 0 Å². The second-order valence-corrected chi connectivity index (χ2v) is 8.35. The lowest BCUT2D eigenvalue weighted by molar-refractivity contribution is -0.116. The van der Waals surface area contributed by atoms with Gasteiger partial charge in [0.1, 0.15) is 0 Å². The summed E-state index contributed by atoms with van der Waals surface area (Å²) in [5, 5.41) is 6.70. The number of anilines is 1. The van der Waals surface area contributed by atoms with Gasteiger partial charge in [-0.2, -0.15) is 0 Å². The topological polar surface area (TPSA) is 132 Å². The summed E-state index contributed by atoms with van der Waals surface area (Å²) in [7, 11) is 0. The molecule has 2 amide bonds. The zero-order valence-electron chi connectivity index (χ0n) is 20.8. The van der Waals surface area contributed by atoms with E-state index in [0.717, 1.165) is 0 Å². The fourth-order valence-corrected chi connectivity index (χ4v) is 3.99. The van der Waals surface area contributed by atoms with E-state index in [1.165, 1.54) is 18.5 Å². The number of aromatic nitrogens is 3. The summed E-state index contributed by atoms with van der Waals surface area (Å²) in [5.74, 6) is 5.34. The second-order valence-electron chi connectivity index (χ2n) is 8.35. The molecule has 2 aromatic carbocycles. The molecule has 9 nitrogen and oxygen atoms in total. The van der Waals surface area contributed by atoms with Crippen molar-refractivity contribution in [2.24, 2.45) is 0 Å². The molecule has 0 aliphatic rings. The van der Waals surface area contributed by atoms with Crippen LogP contribution in [0, 0.1) is 11.8 Å². The van der Waals surface area contributed by atoms with Crippen molar-refractivity contribution in [3.8, 4) is 17.5 Å². The molecule has 2 aromatic heterocycles. The average molecular weight is 507 g/mol. The van der Waals surface area contributed by atoms with E-state index in [2.05, 4.69) is 39.0 Å². The van der Waals surface area contributed by atoms with Crippen LogP contribution in [-0.4, -0.2) is 32.9 Å². The van der Waals surface area contributed by atoms with Crippen LogP contribution in [-0.2, 0) is 4.79 Å². The first kappa shape index (κ1) is 25.9. The summed E-state index contributed by atoms with van der Waals surface area (Å²) < 4.78 is 1.57. The molecule has 38 heavy (non-hydrogen) atoms. The first-order valence-electron chi connectivity index (χ1n) is 11.9. The number of hydrogen-bond acceptors (Lipinski definition) is 6. The molecule has 4 N–H and O–H groups in total. The molecule has 0 radical (unpaired) electrons. The molecule has 0 bridgehead atoms. The summed E-state index contributed by atoms with van der Waals surface area (Å²) in [6.07, 6.45) is 4.41. The largest absolute Gasteiger partial charge is 0.382 e. The van der Waals surface area contributed by atoms with Crippen LogP contribution in [0.1, 0.15) is 41.1 Å². The Hall–Kier alpha value is -5.23. The maximum Gasteiger partial charge on any atom is 0.274 e. The molecular weight excluding hydrogens is 480 g/mol. The first-order chi connectivity index (χ1) is 18.4. The number of hydrogen-bond donors (Lipinski definition) is 3. The predicted molar refractivity (Wildman–Crippen MR) is 147 cm³/mol. The van der Waals surface area contributed by atoms with Gasteiger partial charge in [-0.15, -0.1) is 0 Å². The molecule has 2 heterocycles. The second kappa shape index (κ2) is 11.7. The number of nitrogens with zero attached hydrogens (tertiary/aromatic N) is 3. The molecule has 190 valence electrons. The van der Waals surface area contributed by atoms with Gasteiger partial charge in [0.25, 0.3) is 11.5 Å². The van der Waals surface area contributed by atoms with E-state index in [1.54, 1.807) is 17.6 Å². The van der Waals surface area contributed by atoms with Gasteiger partial charge in [-0.05, 0) is 42.7 Å². The highest BCUT2D eigenvalue weighted by Gasteiger charge is 2.21. The van der Waals surface area contributed by atoms with E-state index in [1.807, 2.05) is 48.5 Å². The molecule has 4 aromatic rings. The third kappa shape index (κ3) is 5.60. The van der Waals surface area contributed by atoms with Crippen molar-refractivity contribution in [2.45, 2.75) is 19.4 Å². The maximum absolute atomic E-state index is 14.0. The molecule has 0 aliphatic carbocycles. The van der Waals surface area contributed by atoms with E-state index in [0.29, 0.717) is 40.7 Å². The van der Waals surface area contributed by atoms with E-state index in [4.69, 9.17) is 5.73 Å². The van der Waals surface area contributed by atoms with Crippen molar-refractivity contribution in [2.75, 3.05) is 12.3 Å². The van der Waals surface area contributed by atoms with Crippen molar-refractivity contribution >= 4 is 28.4 Å². The van der Waals surface area contributed by atoms with Crippen LogP contribution >= 0.6 is 0 Å². The number of pyridine rings is 1. The minimum atomic E-state index is -0.579. The predicted octanol–water partition coefficient (Wildman–Crippen LogP) is 2.90. The number of amides is 2. The monoisotopic (exact) mass is 506 g/mol. The summed E-state index contributed by atoms with van der Waals surface area (Å²) >= 11 is 0. The molecule has 1 atom stereocenters. The van der Waals surface area contributed by atoms with Crippen molar-refractivity contribution in [3.05, 3.63) is 107 Å². The molecular formula is C29H26N6O3. The summed E-state index contributed by atoms with van der Waals surface area (Å²) in [6, 6.07) is 15.9. The van der Waals surface area contributed by atoms with Crippen LogP contribution in [0.5, 0.6) is 0 Å². The fraction of sp³-hybridized carbons (Fsp3) is 0.138. The standard InChI is InChI=1S/C29H26N6O3/c1-3-24(36)31-15-8-7-10-20-11-9-12-21-18-23(19(2)34-28(37)26-27(30)33-17-16-32-26)35(29(38)25(20)21)22-13-5-4-6-14-22/h3-6,9,11-14,16-19H,1,8,15H2,2H3,(H2,30,33)(H,31,36)(H,34,37)/t19-/m1/s1. The maximum atomic E-state index is 14.0. The van der Waals surface area contributed by atoms with Gasteiger partial charge in [0.15, 0.2) is 11.5 Å². The smallest absolute Gasteiger partial charge is 0.274 e. The van der Waals surface area contributed by atoms with Crippen molar-refractivity contribution in [1.29, 1.82) is 0 Å². The molecule has 0 spiro atoms. The van der Waals surface area contributed by atoms with E-state index < -0.39 is 11.9 Å². The molecule has 0 saturated heterocycles. The van der Waals surface area contributed by atoms with E-state index in [-0.39, 0.29) is 23.0 Å². The SMILES string of the molecule is C=CC(=O)NCCC#Cc1cccc2cc([C@@H](C)NC(=O)c3nccnc3N)n(-c3ccccc3)c(=O)c12. The number of nitrogen functional groups attached to an aromatic ring is 1. The minimum absolute atomic E-state index is 0.00980. The Balaban J connectivity index is 1.77. The lowest BCUT2D eigenvalue weighted by Crippen LogP contribution is -2.33. The third-order valence-electron chi connectivity index (χ3n) is 5.78. The summed E-state index contributed by atoms with van der Waals surface area (Å²) in [6.45, 7) is 5.57. The lowest BCUT2D eigenvalue weighted by Gasteiger charge is -2.21. The molecule has 4 rings (SSSR count). The molecule has 0 fully saturated rings. The number of nitrogens with one attached hydrogen (secondary N) is 2. The van der Waals surface area contributed by atoms with Gasteiger partial charge in [0.05, 0.1) is 11.4 Å². The molecule has 0 aliphatic heterocycles. The quantitative estimate of drug-likeness (QED) is 0.201. The number of para-hydroxylation sites is 1. The lowest BCUT2D eigenvalue weighted by atomic mass is 10.0. The van der Waals surface area contributed by atoms with Crippen LogP contribution in [0.4, 0.5) is 5.82 Å². The van der Waals surface area contributed by atoms with Gasteiger partial charge < -0.3 is 16.4 Å². The van der Waals surface area contributed by atoms with Crippen LogP contribution < -0.4 is 21.9 Å². The number of benzene rings is 2. The number of fused-ring (bicyclic) bond motifs is 1. The normalized spacial score (nSPS) is 11.2. The molecule has 9 heteroatoms.